The van der Waals surface area contributed by atoms with Crippen molar-refractivity contribution < 1.29 is 14.4 Å². The average Bonchev–Trinajstić information content (AvgIpc) is 2.72. The van der Waals surface area contributed by atoms with Crippen LogP contribution in [0.1, 0.15) is 21.7 Å². The molecule has 1 heterocycles. The number of nitrogens with zero attached hydrogens (tertiary/aromatic N) is 1. The van der Waals surface area contributed by atoms with Gasteiger partial charge in [-0.3, -0.25) is 0 Å². The van der Waals surface area contributed by atoms with Crippen LogP contribution in [0.3, 0.4) is 0 Å². The highest BCUT2D eigenvalue weighted by molar-refractivity contribution is 6.31. The number of hydrogen-bond donors (Lipinski definition) is 1. The molecule has 0 amide bonds. The molecule has 0 aliphatic carbocycles. The van der Waals surface area contributed by atoms with E-state index >= 15 is 0 Å². The highest BCUT2D eigenvalue weighted by Crippen LogP contribution is 2.28. The monoisotopic (exact) mass is 251 g/mol. The maximum Gasteiger partial charge on any atom is 0.374 e. The maximum absolute atomic E-state index is 10.7. The van der Waals surface area contributed by atoms with Gasteiger partial charge in [-0.05, 0) is 37.1 Å². The van der Waals surface area contributed by atoms with E-state index in [0.717, 1.165) is 16.7 Å². The number of aromatic nitrogens is 1. The average molecular weight is 252 g/mol. The van der Waals surface area contributed by atoms with Crippen LogP contribution in [0.4, 0.5) is 0 Å². The normalized spacial score (nSPS) is 10.5. The lowest BCUT2D eigenvalue weighted by atomic mass is 10.0. The number of rotatable bonds is 2. The molecule has 0 spiro atoms. The molecule has 0 aliphatic rings. The SMILES string of the molecule is Cc1cc(Cl)cc(-c2cc(C(=O)O)on2)c1C. The van der Waals surface area contributed by atoms with Crippen molar-refractivity contribution in [2.24, 2.45) is 0 Å². The van der Waals surface area contributed by atoms with Crippen molar-refractivity contribution in [1.29, 1.82) is 0 Å². The van der Waals surface area contributed by atoms with Crippen molar-refractivity contribution in [2.45, 2.75) is 13.8 Å². The first-order valence-corrected chi connectivity index (χ1v) is 5.34. The van der Waals surface area contributed by atoms with Crippen molar-refractivity contribution >= 4 is 17.6 Å². The Labute approximate surface area is 103 Å². The van der Waals surface area contributed by atoms with E-state index in [1.54, 1.807) is 6.07 Å². The van der Waals surface area contributed by atoms with Gasteiger partial charge in [-0.25, -0.2) is 4.79 Å². The Balaban J connectivity index is 2.56. The summed E-state index contributed by atoms with van der Waals surface area (Å²) in [6, 6.07) is 4.98. The molecule has 0 unspecified atom stereocenters. The Morgan fingerprint density at radius 1 is 1.35 bits per heavy atom. The van der Waals surface area contributed by atoms with Gasteiger partial charge in [-0.2, -0.15) is 0 Å². The number of halogens is 1. The molecule has 17 heavy (non-hydrogen) atoms. The van der Waals surface area contributed by atoms with Gasteiger partial charge in [-0.1, -0.05) is 16.8 Å². The van der Waals surface area contributed by atoms with Crippen LogP contribution in [0.5, 0.6) is 0 Å². The zero-order valence-corrected chi connectivity index (χ0v) is 10.1. The van der Waals surface area contributed by atoms with Crippen LogP contribution in [-0.4, -0.2) is 16.2 Å². The van der Waals surface area contributed by atoms with Gasteiger partial charge >= 0.3 is 5.97 Å². The van der Waals surface area contributed by atoms with Gasteiger partial charge in [0.1, 0.15) is 5.69 Å². The van der Waals surface area contributed by atoms with E-state index in [4.69, 9.17) is 21.2 Å². The van der Waals surface area contributed by atoms with E-state index in [0.29, 0.717) is 10.7 Å². The molecular weight excluding hydrogens is 242 g/mol. The van der Waals surface area contributed by atoms with E-state index < -0.39 is 5.97 Å². The zero-order valence-electron chi connectivity index (χ0n) is 9.32. The predicted molar refractivity (Wildman–Crippen MR) is 63.4 cm³/mol. The Bertz CT molecular complexity index is 589. The molecular formula is C12H10ClNO3. The molecule has 88 valence electrons. The fraction of sp³-hybridized carbons (Fsp3) is 0.167. The molecule has 1 aromatic heterocycles. The first-order chi connectivity index (χ1) is 7.99. The van der Waals surface area contributed by atoms with Crippen LogP contribution in [0, 0.1) is 13.8 Å². The van der Waals surface area contributed by atoms with Crippen LogP contribution in [0.15, 0.2) is 22.7 Å². The molecule has 0 aliphatic heterocycles. The van der Waals surface area contributed by atoms with Crippen LogP contribution >= 0.6 is 11.6 Å². The summed E-state index contributed by atoms with van der Waals surface area (Å²) in [4.78, 5) is 10.7. The van der Waals surface area contributed by atoms with E-state index in [-0.39, 0.29) is 5.76 Å². The molecule has 0 atom stereocenters. The van der Waals surface area contributed by atoms with Gasteiger partial charge < -0.3 is 9.63 Å². The summed E-state index contributed by atoms with van der Waals surface area (Å²) in [6.07, 6.45) is 0. The van der Waals surface area contributed by atoms with Crippen molar-refractivity contribution in [3.05, 3.63) is 40.1 Å². The summed E-state index contributed by atoms with van der Waals surface area (Å²) in [6.45, 7) is 3.86. The minimum atomic E-state index is -1.14. The summed E-state index contributed by atoms with van der Waals surface area (Å²) >= 11 is 5.97. The molecule has 5 heteroatoms. The molecule has 4 nitrogen and oxygen atoms in total. The molecule has 0 saturated carbocycles. The molecule has 0 bridgehead atoms. The van der Waals surface area contributed by atoms with E-state index in [1.807, 2.05) is 19.9 Å². The number of aryl methyl sites for hydroxylation is 1. The summed E-state index contributed by atoms with van der Waals surface area (Å²) in [5.41, 5.74) is 3.28. The second-order valence-electron chi connectivity index (χ2n) is 3.78. The third kappa shape index (κ3) is 2.17. The van der Waals surface area contributed by atoms with Crippen molar-refractivity contribution in [1.82, 2.24) is 5.16 Å². The molecule has 2 rings (SSSR count). The van der Waals surface area contributed by atoms with Crippen molar-refractivity contribution in [3.8, 4) is 11.3 Å². The van der Waals surface area contributed by atoms with Gasteiger partial charge in [0.25, 0.3) is 0 Å². The highest BCUT2D eigenvalue weighted by atomic mass is 35.5. The fourth-order valence-electron chi connectivity index (χ4n) is 1.58. The minimum Gasteiger partial charge on any atom is -0.475 e. The first kappa shape index (κ1) is 11.7. The van der Waals surface area contributed by atoms with Crippen LogP contribution in [0.25, 0.3) is 11.3 Å². The fourth-order valence-corrected chi connectivity index (χ4v) is 1.86. The van der Waals surface area contributed by atoms with E-state index in [9.17, 15) is 4.79 Å². The number of benzene rings is 1. The third-order valence-corrected chi connectivity index (χ3v) is 2.85. The molecule has 2 aromatic rings. The second kappa shape index (κ2) is 4.22. The second-order valence-corrected chi connectivity index (χ2v) is 4.21. The molecule has 1 aromatic carbocycles. The maximum atomic E-state index is 10.7. The van der Waals surface area contributed by atoms with Crippen molar-refractivity contribution in [2.75, 3.05) is 0 Å². The Morgan fingerprint density at radius 2 is 2.06 bits per heavy atom. The minimum absolute atomic E-state index is 0.183. The lowest BCUT2D eigenvalue weighted by Crippen LogP contribution is -1.92. The van der Waals surface area contributed by atoms with Crippen LogP contribution in [0.2, 0.25) is 5.02 Å². The van der Waals surface area contributed by atoms with Gasteiger partial charge in [0.15, 0.2) is 0 Å². The zero-order chi connectivity index (χ0) is 12.6. The summed E-state index contributed by atoms with van der Waals surface area (Å²) in [5.74, 6) is -1.32. The predicted octanol–water partition coefficient (Wildman–Crippen LogP) is 3.31. The molecule has 0 fully saturated rings. The third-order valence-electron chi connectivity index (χ3n) is 2.63. The van der Waals surface area contributed by atoms with Crippen molar-refractivity contribution in [3.63, 3.8) is 0 Å². The Hall–Kier alpha value is -1.81. The van der Waals surface area contributed by atoms with Crippen LogP contribution in [-0.2, 0) is 0 Å². The lowest BCUT2D eigenvalue weighted by molar-refractivity contribution is 0.0652. The summed E-state index contributed by atoms with van der Waals surface area (Å²) in [7, 11) is 0. The summed E-state index contributed by atoms with van der Waals surface area (Å²) in [5, 5.41) is 13.1. The molecule has 0 radical (unpaired) electrons. The number of carboxylic acids is 1. The van der Waals surface area contributed by atoms with Gasteiger partial charge in [-0.15, -0.1) is 0 Å². The van der Waals surface area contributed by atoms with Gasteiger partial charge in [0.05, 0.1) is 0 Å². The van der Waals surface area contributed by atoms with E-state index in [2.05, 4.69) is 5.16 Å². The smallest absolute Gasteiger partial charge is 0.374 e. The highest BCUT2D eigenvalue weighted by Gasteiger charge is 2.14. The largest absolute Gasteiger partial charge is 0.475 e. The van der Waals surface area contributed by atoms with Gasteiger partial charge in [0.2, 0.25) is 5.76 Å². The first-order valence-electron chi connectivity index (χ1n) is 4.96. The molecule has 1 N–H and O–H groups in total. The van der Waals surface area contributed by atoms with Crippen LogP contribution < -0.4 is 0 Å². The molecule has 0 saturated heterocycles. The number of aromatic carboxylic acids is 1. The standard InChI is InChI=1S/C12H10ClNO3/c1-6-3-8(13)4-9(7(6)2)10-5-11(12(15)16)17-14-10/h3-5H,1-2H3,(H,15,16). The summed E-state index contributed by atoms with van der Waals surface area (Å²) < 4.78 is 4.72. The number of hydrogen-bond acceptors (Lipinski definition) is 3. The Kier molecular flexibility index (Phi) is 2.90. The number of carboxylic acid groups (broad SMARTS) is 1. The topological polar surface area (TPSA) is 63.3 Å². The number of carbonyl (C=O) groups is 1. The van der Waals surface area contributed by atoms with E-state index in [1.165, 1.54) is 6.07 Å². The lowest BCUT2D eigenvalue weighted by Gasteiger charge is -2.06. The van der Waals surface area contributed by atoms with Gasteiger partial charge in [0, 0.05) is 16.7 Å². The quantitative estimate of drug-likeness (QED) is 0.889. The Morgan fingerprint density at radius 3 is 2.65 bits per heavy atom.